The van der Waals surface area contributed by atoms with E-state index in [1.165, 1.54) is 12.1 Å². The van der Waals surface area contributed by atoms with Crippen LogP contribution in [0.3, 0.4) is 0 Å². The maximum atomic E-state index is 12.9. The minimum absolute atomic E-state index is 0.0129. The van der Waals surface area contributed by atoms with Crippen molar-refractivity contribution < 1.29 is 9.18 Å². The first kappa shape index (κ1) is 17.4. The molecule has 1 aliphatic rings. The van der Waals surface area contributed by atoms with Crippen molar-refractivity contribution in [1.82, 2.24) is 25.3 Å². The van der Waals surface area contributed by atoms with Crippen LogP contribution in [0.5, 0.6) is 0 Å². The molecule has 1 aliphatic heterocycles. The molecule has 1 aromatic carbocycles. The van der Waals surface area contributed by atoms with Crippen molar-refractivity contribution in [1.29, 1.82) is 0 Å². The number of halogens is 1. The molecular weight excluding hydrogens is 321 g/mol. The quantitative estimate of drug-likeness (QED) is 0.841. The summed E-state index contributed by atoms with van der Waals surface area (Å²) in [5.41, 5.74) is 2.11. The Bertz CT molecular complexity index is 700. The zero-order valence-electron chi connectivity index (χ0n) is 14.4. The lowest BCUT2D eigenvalue weighted by molar-refractivity contribution is 0.208. The molecule has 3 rings (SSSR count). The van der Waals surface area contributed by atoms with Crippen LogP contribution in [0.4, 0.5) is 9.18 Å². The molecule has 0 saturated carbocycles. The van der Waals surface area contributed by atoms with Gasteiger partial charge in [0.1, 0.15) is 5.82 Å². The molecule has 7 heteroatoms. The summed E-state index contributed by atoms with van der Waals surface area (Å²) in [5, 5.41) is 10.7. The third-order valence-electron chi connectivity index (χ3n) is 4.34. The smallest absolute Gasteiger partial charge is 0.317 e. The average molecular weight is 345 g/mol. The van der Waals surface area contributed by atoms with Gasteiger partial charge in [-0.15, -0.1) is 0 Å². The van der Waals surface area contributed by atoms with Crippen LogP contribution < -0.4 is 10.6 Å². The van der Waals surface area contributed by atoms with Gasteiger partial charge in [-0.1, -0.05) is 12.1 Å². The molecule has 0 unspecified atom stereocenters. The molecule has 2 N–H and O–H groups in total. The fraction of sp³-hybridized carbons (Fsp3) is 0.444. The molecule has 1 atom stereocenters. The van der Waals surface area contributed by atoms with E-state index in [-0.39, 0.29) is 11.8 Å². The van der Waals surface area contributed by atoms with Gasteiger partial charge in [0.15, 0.2) is 0 Å². The van der Waals surface area contributed by atoms with Gasteiger partial charge in [0.05, 0.1) is 12.7 Å². The van der Waals surface area contributed by atoms with Crippen molar-refractivity contribution in [2.24, 2.45) is 0 Å². The summed E-state index contributed by atoms with van der Waals surface area (Å²) < 4.78 is 14.8. The third kappa shape index (κ3) is 4.79. The Balaban J connectivity index is 1.46. The van der Waals surface area contributed by atoms with Crippen LogP contribution in [0.2, 0.25) is 0 Å². The number of carbonyl (C=O) groups excluding carboxylic acids is 1. The number of hydrogen-bond acceptors (Lipinski definition) is 3. The van der Waals surface area contributed by atoms with Gasteiger partial charge in [-0.05, 0) is 31.0 Å². The van der Waals surface area contributed by atoms with Crippen LogP contribution in [-0.2, 0) is 13.1 Å². The van der Waals surface area contributed by atoms with Gasteiger partial charge in [-0.3, -0.25) is 4.68 Å². The topological polar surface area (TPSA) is 62.2 Å². The standard InChI is InChI=1S/C18H24FN5O/c1-2-20-18(25)23-8-7-17(13-23)21-9-15-10-22-24(12-15)11-14-3-5-16(19)6-4-14/h3-6,10,12,17,21H,2,7-9,11,13H2,1H3,(H,20,25)/t17-/m0/s1. The van der Waals surface area contributed by atoms with Crippen LogP contribution in [0.15, 0.2) is 36.7 Å². The normalized spacial score (nSPS) is 17.0. The highest BCUT2D eigenvalue weighted by Gasteiger charge is 2.25. The van der Waals surface area contributed by atoms with Crippen LogP contribution in [0, 0.1) is 5.82 Å². The number of nitrogens with one attached hydrogen (secondary N) is 2. The van der Waals surface area contributed by atoms with Gasteiger partial charge in [-0.25, -0.2) is 9.18 Å². The van der Waals surface area contributed by atoms with E-state index in [1.807, 2.05) is 28.9 Å². The minimum atomic E-state index is -0.229. The summed E-state index contributed by atoms with van der Waals surface area (Å²) in [6.07, 6.45) is 4.79. The lowest BCUT2D eigenvalue weighted by Gasteiger charge is -2.17. The Morgan fingerprint density at radius 2 is 2.12 bits per heavy atom. The van der Waals surface area contributed by atoms with Gasteiger partial charge in [-0.2, -0.15) is 5.10 Å². The van der Waals surface area contributed by atoms with Gasteiger partial charge in [0.2, 0.25) is 0 Å². The van der Waals surface area contributed by atoms with E-state index in [1.54, 1.807) is 12.1 Å². The van der Waals surface area contributed by atoms with E-state index in [4.69, 9.17) is 0 Å². The lowest BCUT2D eigenvalue weighted by Crippen LogP contribution is -2.40. The highest BCUT2D eigenvalue weighted by molar-refractivity contribution is 5.74. The Kier molecular flexibility index (Phi) is 5.65. The second kappa shape index (κ2) is 8.11. The first-order valence-corrected chi connectivity index (χ1v) is 8.66. The van der Waals surface area contributed by atoms with E-state index in [0.29, 0.717) is 19.1 Å². The Morgan fingerprint density at radius 3 is 2.88 bits per heavy atom. The summed E-state index contributed by atoms with van der Waals surface area (Å²) in [4.78, 5) is 13.7. The van der Waals surface area contributed by atoms with Crippen molar-refractivity contribution in [2.45, 2.75) is 32.5 Å². The van der Waals surface area contributed by atoms with E-state index in [9.17, 15) is 9.18 Å². The van der Waals surface area contributed by atoms with E-state index >= 15 is 0 Å². The van der Waals surface area contributed by atoms with Crippen molar-refractivity contribution in [3.05, 3.63) is 53.6 Å². The molecule has 0 bridgehead atoms. The van der Waals surface area contributed by atoms with Gasteiger partial charge >= 0.3 is 6.03 Å². The molecule has 1 fully saturated rings. The SMILES string of the molecule is CCNC(=O)N1CC[C@H](NCc2cnn(Cc3ccc(F)cc3)c2)C1. The summed E-state index contributed by atoms with van der Waals surface area (Å²) in [6.45, 7) is 5.43. The molecule has 2 aromatic rings. The predicted molar refractivity (Wildman–Crippen MR) is 93.6 cm³/mol. The van der Waals surface area contributed by atoms with Gasteiger partial charge < -0.3 is 15.5 Å². The average Bonchev–Trinajstić information content (AvgIpc) is 3.25. The number of hydrogen-bond donors (Lipinski definition) is 2. The molecule has 0 radical (unpaired) electrons. The lowest BCUT2D eigenvalue weighted by atomic mass is 10.2. The van der Waals surface area contributed by atoms with Crippen LogP contribution in [-0.4, -0.2) is 46.4 Å². The third-order valence-corrected chi connectivity index (χ3v) is 4.34. The number of benzene rings is 1. The van der Waals surface area contributed by atoms with Gasteiger partial charge in [0, 0.05) is 44.0 Å². The summed E-state index contributed by atoms with van der Waals surface area (Å²) in [6, 6.07) is 6.78. The predicted octanol–water partition coefficient (Wildman–Crippen LogP) is 1.96. The number of aromatic nitrogens is 2. The van der Waals surface area contributed by atoms with Crippen molar-refractivity contribution >= 4 is 6.03 Å². The summed E-state index contributed by atoms with van der Waals surface area (Å²) >= 11 is 0. The summed E-state index contributed by atoms with van der Waals surface area (Å²) in [5.74, 6) is -0.229. The largest absolute Gasteiger partial charge is 0.338 e. The zero-order valence-corrected chi connectivity index (χ0v) is 14.4. The maximum Gasteiger partial charge on any atom is 0.317 e. The number of rotatable bonds is 6. The maximum absolute atomic E-state index is 12.9. The monoisotopic (exact) mass is 345 g/mol. The number of nitrogens with zero attached hydrogens (tertiary/aromatic N) is 3. The number of amides is 2. The first-order valence-electron chi connectivity index (χ1n) is 8.66. The molecule has 2 heterocycles. The van der Waals surface area contributed by atoms with E-state index in [0.717, 1.165) is 37.2 Å². The van der Waals surface area contributed by atoms with Crippen LogP contribution in [0.1, 0.15) is 24.5 Å². The molecule has 2 amide bonds. The molecule has 134 valence electrons. The molecule has 6 nitrogen and oxygen atoms in total. The zero-order chi connectivity index (χ0) is 17.6. The Labute approximate surface area is 147 Å². The molecule has 0 aliphatic carbocycles. The fourth-order valence-corrected chi connectivity index (χ4v) is 3.00. The molecule has 1 aromatic heterocycles. The summed E-state index contributed by atoms with van der Waals surface area (Å²) in [7, 11) is 0. The highest BCUT2D eigenvalue weighted by atomic mass is 19.1. The van der Waals surface area contributed by atoms with Crippen molar-refractivity contribution in [3.63, 3.8) is 0 Å². The van der Waals surface area contributed by atoms with Crippen LogP contribution >= 0.6 is 0 Å². The minimum Gasteiger partial charge on any atom is -0.338 e. The highest BCUT2D eigenvalue weighted by Crippen LogP contribution is 2.11. The number of likely N-dealkylation sites (tertiary alicyclic amines) is 1. The second-order valence-electron chi connectivity index (χ2n) is 6.32. The molecule has 0 spiro atoms. The fourth-order valence-electron chi connectivity index (χ4n) is 3.00. The van der Waals surface area contributed by atoms with Crippen molar-refractivity contribution in [3.8, 4) is 0 Å². The van der Waals surface area contributed by atoms with E-state index < -0.39 is 0 Å². The number of carbonyl (C=O) groups is 1. The molecular formula is C18H24FN5O. The van der Waals surface area contributed by atoms with Crippen LogP contribution in [0.25, 0.3) is 0 Å². The van der Waals surface area contributed by atoms with Gasteiger partial charge in [0.25, 0.3) is 0 Å². The van der Waals surface area contributed by atoms with Crippen molar-refractivity contribution in [2.75, 3.05) is 19.6 Å². The van der Waals surface area contributed by atoms with E-state index in [2.05, 4.69) is 15.7 Å². The molecule has 25 heavy (non-hydrogen) atoms. The first-order chi connectivity index (χ1) is 12.1. The Hall–Kier alpha value is -2.41. The second-order valence-corrected chi connectivity index (χ2v) is 6.32. The Morgan fingerprint density at radius 1 is 1.32 bits per heavy atom. The molecule has 1 saturated heterocycles. The number of urea groups is 1.